The number of likely N-dealkylation sites (N-methyl/N-ethyl adjacent to an activating group) is 1. The first-order valence-electron chi connectivity index (χ1n) is 25.7. The molecule has 9 nitrogen and oxygen atoms in total. The van der Waals surface area contributed by atoms with E-state index < -0.39 is 26.5 Å². The first-order chi connectivity index (χ1) is 30.0. The van der Waals surface area contributed by atoms with Crippen molar-refractivity contribution >= 4 is 19.8 Å². The number of allylic oxidation sites excluding steroid dienone is 6. The van der Waals surface area contributed by atoms with Crippen LogP contribution < -0.4 is 0 Å². The van der Waals surface area contributed by atoms with Crippen LogP contribution >= 0.6 is 7.82 Å². The third-order valence-electron chi connectivity index (χ3n) is 11.2. The lowest BCUT2D eigenvalue weighted by Crippen LogP contribution is -2.37. The van der Waals surface area contributed by atoms with Gasteiger partial charge in [-0.05, 0) is 44.9 Å². The van der Waals surface area contributed by atoms with Gasteiger partial charge in [0.15, 0.2) is 6.10 Å². The highest BCUT2D eigenvalue weighted by Crippen LogP contribution is 2.43. The van der Waals surface area contributed by atoms with Gasteiger partial charge >= 0.3 is 19.8 Å². The van der Waals surface area contributed by atoms with Crippen molar-refractivity contribution in [3.63, 3.8) is 0 Å². The zero-order valence-corrected chi connectivity index (χ0v) is 42.0. The average molecular weight is 897 g/mol. The Morgan fingerprint density at radius 1 is 0.516 bits per heavy atom. The summed E-state index contributed by atoms with van der Waals surface area (Å²) in [6.07, 6.45) is 52.1. The molecule has 0 saturated heterocycles. The van der Waals surface area contributed by atoms with Crippen molar-refractivity contribution < 1.29 is 42.1 Å². The lowest BCUT2D eigenvalue weighted by atomic mass is 10.0. The lowest BCUT2D eigenvalue weighted by molar-refractivity contribution is -0.870. The van der Waals surface area contributed by atoms with Gasteiger partial charge in [-0.2, -0.15) is 0 Å². The van der Waals surface area contributed by atoms with E-state index in [2.05, 4.69) is 50.3 Å². The van der Waals surface area contributed by atoms with Crippen LogP contribution in [0.5, 0.6) is 0 Å². The fourth-order valence-corrected chi connectivity index (χ4v) is 7.95. The second-order valence-electron chi connectivity index (χ2n) is 18.5. The van der Waals surface area contributed by atoms with Crippen LogP contribution in [0.4, 0.5) is 0 Å². The van der Waals surface area contributed by atoms with Crippen molar-refractivity contribution in [2.45, 2.75) is 238 Å². The quantitative estimate of drug-likeness (QED) is 0.0212. The summed E-state index contributed by atoms with van der Waals surface area (Å²) in [5.74, 6) is -0.809. The largest absolute Gasteiger partial charge is 0.472 e. The number of rotatable bonds is 47. The molecule has 0 spiro atoms. The van der Waals surface area contributed by atoms with E-state index in [4.69, 9.17) is 18.5 Å². The summed E-state index contributed by atoms with van der Waals surface area (Å²) < 4.78 is 34.4. The minimum Gasteiger partial charge on any atom is -0.462 e. The number of hydrogen-bond donors (Lipinski definition) is 1. The van der Waals surface area contributed by atoms with Gasteiger partial charge in [-0.3, -0.25) is 18.6 Å². The molecule has 0 aromatic heterocycles. The Bertz CT molecular complexity index is 1150. The van der Waals surface area contributed by atoms with Gasteiger partial charge in [-0.15, -0.1) is 0 Å². The van der Waals surface area contributed by atoms with Gasteiger partial charge in [0.25, 0.3) is 0 Å². The first-order valence-corrected chi connectivity index (χ1v) is 27.2. The summed E-state index contributed by atoms with van der Waals surface area (Å²) in [5, 5.41) is 0. The highest BCUT2D eigenvalue weighted by molar-refractivity contribution is 7.47. The predicted octanol–water partition coefficient (Wildman–Crippen LogP) is 15.3. The second-order valence-corrected chi connectivity index (χ2v) is 20.0. The fourth-order valence-electron chi connectivity index (χ4n) is 7.21. The van der Waals surface area contributed by atoms with Gasteiger partial charge in [0.1, 0.15) is 19.8 Å². The average Bonchev–Trinajstić information content (AvgIpc) is 3.23. The molecule has 2 atom stereocenters. The van der Waals surface area contributed by atoms with E-state index in [9.17, 15) is 19.0 Å². The Morgan fingerprint density at radius 3 is 1.37 bits per heavy atom. The maximum Gasteiger partial charge on any atom is 0.472 e. The van der Waals surface area contributed by atoms with Crippen LogP contribution in [-0.4, -0.2) is 74.9 Å². The number of esters is 2. The Hall–Kier alpha value is -1.77. The molecule has 0 aliphatic heterocycles. The Kier molecular flexibility index (Phi) is 43.2. The van der Waals surface area contributed by atoms with Crippen LogP contribution in [0.1, 0.15) is 232 Å². The molecule has 0 amide bonds. The third-order valence-corrected chi connectivity index (χ3v) is 12.2. The molecule has 62 heavy (non-hydrogen) atoms. The predicted molar refractivity (Wildman–Crippen MR) is 261 cm³/mol. The normalized spacial score (nSPS) is 13.7. The van der Waals surface area contributed by atoms with Crippen LogP contribution in [0.3, 0.4) is 0 Å². The van der Waals surface area contributed by atoms with Crippen molar-refractivity contribution in [1.82, 2.24) is 0 Å². The molecule has 0 heterocycles. The Labute approximate surface area is 382 Å². The van der Waals surface area contributed by atoms with Crippen molar-refractivity contribution in [2.24, 2.45) is 0 Å². The molecule has 0 rings (SSSR count). The maximum absolute atomic E-state index is 12.7. The maximum atomic E-state index is 12.7. The van der Waals surface area contributed by atoms with Gasteiger partial charge in [0.2, 0.25) is 0 Å². The molecule has 0 saturated carbocycles. The number of phosphoric ester groups is 1. The number of unbranched alkanes of at least 4 members (excludes halogenated alkanes) is 27. The number of quaternary nitrogens is 1. The van der Waals surface area contributed by atoms with Crippen molar-refractivity contribution in [3.8, 4) is 0 Å². The summed E-state index contributed by atoms with van der Waals surface area (Å²) in [5.41, 5.74) is 0. The van der Waals surface area contributed by atoms with Crippen molar-refractivity contribution in [3.05, 3.63) is 36.5 Å². The molecule has 0 fully saturated rings. The molecule has 0 aromatic rings. The summed E-state index contributed by atoms with van der Waals surface area (Å²) in [7, 11) is 1.47. The first kappa shape index (κ1) is 60.2. The second kappa shape index (κ2) is 44.4. The SMILES string of the molecule is CC/C=C\C/C=C\C/C=C\CCCCCCCC(=O)OC(COC(=O)CCCCCCCCCCCCCCCCCCCCCCCCC)COP(=O)(O)OCC[N+](C)(C)C. The summed E-state index contributed by atoms with van der Waals surface area (Å²) in [4.78, 5) is 35.5. The highest BCUT2D eigenvalue weighted by atomic mass is 31.2. The molecule has 364 valence electrons. The fraction of sp³-hybridized carbons (Fsp3) is 0.846. The van der Waals surface area contributed by atoms with Crippen molar-refractivity contribution in [2.75, 3.05) is 47.5 Å². The van der Waals surface area contributed by atoms with E-state index >= 15 is 0 Å². The number of ether oxygens (including phenoxy) is 2. The molecule has 10 heteroatoms. The summed E-state index contributed by atoms with van der Waals surface area (Å²) in [6.45, 7) is 4.32. The molecular weight excluding hydrogens is 798 g/mol. The molecule has 2 unspecified atom stereocenters. The number of carbonyl (C=O) groups excluding carboxylic acids is 2. The smallest absolute Gasteiger partial charge is 0.462 e. The zero-order chi connectivity index (χ0) is 45.7. The molecule has 0 aromatic carbocycles. The summed E-state index contributed by atoms with van der Waals surface area (Å²) >= 11 is 0. The van der Waals surface area contributed by atoms with E-state index in [1.165, 1.54) is 128 Å². The Balaban J connectivity index is 4.18. The zero-order valence-electron chi connectivity index (χ0n) is 41.1. The third kappa shape index (κ3) is 47.7. The molecule has 0 radical (unpaired) electrons. The number of carbonyl (C=O) groups is 2. The highest BCUT2D eigenvalue weighted by Gasteiger charge is 2.27. The van der Waals surface area contributed by atoms with E-state index in [-0.39, 0.29) is 32.0 Å². The van der Waals surface area contributed by atoms with Crippen LogP contribution in [0, 0.1) is 0 Å². The van der Waals surface area contributed by atoms with Gasteiger partial charge in [-0.1, -0.05) is 211 Å². The van der Waals surface area contributed by atoms with Crippen LogP contribution in [0.2, 0.25) is 0 Å². The minimum absolute atomic E-state index is 0.0289. The van der Waals surface area contributed by atoms with Crippen LogP contribution in [0.15, 0.2) is 36.5 Å². The van der Waals surface area contributed by atoms with E-state index in [0.29, 0.717) is 17.4 Å². The number of hydrogen-bond acceptors (Lipinski definition) is 7. The van der Waals surface area contributed by atoms with Crippen molar-refractivity contribution in [1.29, 1.82) is 0 Å². The van der Waals surface area contributed by atoms with E-state index in [1.54, 1.807) is 0 Å². The molecule has 0 aliphatic rings. The van der Waals surface area contributed by atoms with E-state index in [0.717, 1.165) is 70.6 Å². The van der Waals surface area contributed by atoms with Gasteiger partial charge in [0, 0.05) is 12.8 Å². The van der Waals surface area contributed by atoms with Gasteiger partial charge < -0.3 is 18.9 Å². The molecular formula is C52H99NO8P+. The minimum atomic E-state index is -4.38. The standard InChI is InChI=1S/C52H98NO8P/c1-6-8-10-12-14-16-18-20-22-23-24-25-26-27-28-29-31-32-34-36-38-40-42-44-51(54)58-48-50(49-60-62(56,57)59-47-46-53(3,4)5)61-52(55)45-43-41-39-37-35-33-30-21-19-17-15-13-11-9-7-2/h9,11,15,17,21,30,50H,6-8,10,12-14,16,18-20,22-29,31-49H2,1-5H3/p+1/b11-9-,17-15-,30-21-. The Morgan fingerprint density at radius 2 is 0.919 bits per heavy atom. The molecule has 0 aliphatic carbocycles. The monoisotopic (exact) mass is 897 g/mol. The molecule has 0 bridgehead atoms. The van der Waals surface area contributed by atoms with Gasteiger partial charge in [-0.25, -0.2) is 4.57 Å². The van der Waals surface area contributed by atoms with Crippen LogP contribution in [0.25, 0.3) is 0 Å². The number of phosphoric acid groups is 1. The lowest BCUT2D eigenvalue weighted by Gasteiger charge is -2.24. The van der Waals surface area contributed by atoms with Gasteiger partial charge in [0.05, 0.1) is 27.7 Å². The molecule has 1 N–H and O–H groups in total. The topological polar surface area (TPSA) is 108 Å². The van der Waals surface area contributed by atoms with Crippen LogP contribution in [-0.2, 0) is 32.7 Å². The summed E-state index contributed by atoms with van der Waals surface area (Å²) in [6, 6.07) is 0. The number of nitrogens with zero attached hydrogens (tertiary/aromatic N) is 1. The van der Waals surface area contributed by atoms with E-state index in [1.807, 2.05) is 21.1 Å².